The van der Waals surface area contributed by atoms with E-state index in [1.165, 1.54) is 0 Å². The zero-order chi connectivity index (χ0) is 26.8. The van der Waals surface area contributed by atoms with Crippen LogP contribution in [0.15, 0.2) is 97.1 Å². The molecule has 0 fully saturated rings. The number of aryl methyl sites for hydroxylation is 2. The normalized spacial score (nSPS) is 16.5. The lowest BCUT2D eigenvalue weighted by atomic mass is 9.88. The number of methoxy groups -OCH3 is 1. The smallest absolute Gasteiger partial charge is 0.258 e. The van der Waals surface area contributed by atoms with Crippen molar-refractivity contribution in [1.29, 1.82) is 0 Å². The second-order valence-corrected chi connectivity index (χ2v) is 9.94. The van der Waals surface area contributed by atoms with E-state index in [4.69, 9.17) is 4.74 Å². The Balaban J connectivity index is 1.62. The number of hydrogen-bond acceptors (Lipinski definition) is 3. The Kier molecular flexibility index (Phi) is 7.01. The quantitative estimate of drug-likeness (QED) is 0.290. The van der Waals surface area contributed by atoms with Crippen LogP contribution in [0, 0.1) is 13.8 Å². The van der Waals surface area contributed by atoms with Gasteiger partial charge in [0.2, 0.25) is 0 Å². The molecule has 5 rings (SSSR count). The van der Waals surface area contributed by atoms with E-state index in [1.807, 2.05) is 90.4 Å². The fourth-order valence-corrected chi connectivity index (χ4v) is 5.24. The molecule has 0 aliphatic carbocycles. The van der Waals surface area contributed by atoms with Crippen LogP contribution in [0.25, 0.3) is 0 Å². The number of rotatable bonds is 5. The monoisotopic (exact) mass is 504 g/mol. The lowest BCUT2D eigenvalue weighted by Crippen LogP contribution is -2.48. The summed E-state index contributed by atoms with van der Waals surface area (Å²) in [6.45, 7) is 6.13. The molecule has 0 spiro atoms. The van der Waals surface area contributed by atoms with E-state index < -0.39 is 0 Å². The summed E-state index contributed by atoms with van der Waals surface area (Å²) < 4.78 is 5.27. The first-order valence-electron chi connectivity index (χ1n) is 12.9. The molecule has 192 valence electrons. The fourth-order valence-electron chi connectivity index (χ4n) is 5.24. The third kappa shape index (κ3) is 4.80. The Morgan fingerprint density at radius 3 is 2.13 bits per heavy atom. The van der Waals surface area contributed by atoms with Crippen LogP contribution in [0.2, 0.25) is 0 Å². The number of amides is 2. The summed E-state index contributed by atoms with van der Waals surface area (Å²) in [4.78, 5) is 31.6. The summed E-state index contributed by atoms with van der Waals surface area (Å²) in [5, 5.41) is 0. The predicted molar refractivity (Wildman–Crippen MR) is 152 cm³/mol. The molecule has 0 saturated carbocycles. The van der Waals surface area contributed by atoms with Crippen molar-refractivity contribution in [3.8, 4) is 5.75 Å². The van der Waals surface area contributed by atoms with Crippen LogP contribution >= 0.6 is 0 Å². The highest BCUT2D eigenvalue weighted by Crippen LogP contribution is 2.44. The van der Waals surface area contributed by atoms with Crippen molar-refractivity contribution in [1.82, 2.24) is 0 Å². The van der Waals surface area contributed by atoms with Gasteiger partial charge in [-0.05, 0) is 87.4 Å². The maximum atomic E-state index is 14.1. The van der Waals surface area contributed by atoms with Crippen LogP contribution in [-0.4, -0.2) is 25.0 Å². The summed E-state index contributed by atoms with van der Waals surface area (Å²) in [6, 6.07) is 30.4. The molecule has 38 heavy (non-hydrogen) atoms. The second-order valence-electron chi connectivity index (χ2n) is 9.94. The molecule has 1 aliphatic heterocycles. The van der Waals surface area contributed by atoms with Crippen molar-refractivity contribution in [2.24, 2.45) is 0 Å². The SMILES string of the molecule is COc1ccc(C(=O)N2c3ccc(C)cc3[C@@H](N(C(=O)c3ccccc3)c3ccc(C)cc3)C[C@H]2C)cc1. The van der Waals surface area contributed by atoms with E-state index in [0.29, 0.717) is 23.3 Å². The third-order valence-electron chi connectivity index (χ3n) is 7.23. The Hall–Kier alpha value is -4.38. The number of ether oxygens (including phenoxy) is 1. The summed E-state index contributed by atoms with van der Waals surface area (Å²) in [5.74, 6) is 0.575. The van der Waals surface area contributed by atoms with Gasteiger partial charge in [-0.1, -0.05) is 53.6 Å². The highest BCUT2D eigenvalue weighted by atomic mass is 16.5. The minimum Gasteiger partial charge on any atom is -0.497 e. The first-order valence-corrected chi connectivity index (χ1v) is 12.9. The number of hydrogen-bond donors (Lipinski definition) is 0. The van der Waals surface area contributed by atoms with E-state index in [-0.39, 0.29) is 23.9 Å². The van der Waals surface area contributed by atoms with Gasteiger partial charge in [0.15, 0.2) is 0 Å². The Morgan fingerprint density at radius 1 is 0.816 bits per heavy atom. The van der Waals surface area contributed by atoms with Crippen molar-refractivity contribution in [2.75, 3.05) is 16.9 Å². The van der Waals surface area contributed by atoms with E-state index in [9.17, 15) is 9.59 Å². The zero-order valence-electron chi connectivity index (χ0n) is 22.2. The molecule has 0 radical (unpaired) electrons. The van der Waals surface area contributed by atoms with Crippen molar-refractivity contribution in [3.63, 3.8) is 0 Å². The van der Waals surface area contributed by atoms with Gasteiger partial charge in [-0.2, -0.15) is 0 Å². The largest absolute Gasteiger partial charge is 0.497 e. The lowest BCUT2D eigenvalue weighted by molar-refractivity contribution is 0.0965. The van der Waals surface area contributed by atoms with Gasteiger partial charge >= 0.3 is 0 Å². The number of carbonyl (C=O) groups excluding carboxylic acids is 2. The van der Waals surface area contributed by atoms with Crippen LogP contribution in [0.3, 0.4) is 0 Å². The zero-order valence-corrected chi connectivity index (χ0v) is 22.2. The molecule has 5 heteroatoms. The summed E-state index contributed by atoms with van der Waals surface area (Å²) in [5.41, 5.74) is 6.07. The predicted octanol–water partition coefficient (Wildman–Crippen LogP) is 7.14. The molecule has 4 aromatic carbocycles. The number of carbonyl (C=O) groups is 2. The summed E-state index contributed by atoms with van der Waals surface area (Å²) >= 11 is 0. The van der Waals surface area contributed by atoms with Gasteiger partial charge in [-0.15, -0.1) is 0 Å². The van der Waals surface area contributed by atoms with Gasteiger partial charge in [0.1, 0.15) is 5.75 Å². The van der Waals surface area contributed by atoms with Gasteiger partial charge in [-0.25, -0.2) is 0 Å². The van der Waals surface area contributed by atoms with E-state index in [1.54, 1.807) is 31.4 Å². The van der Waals surface area contributed by atoms with Crippen molar-refractivity contribution >= 4 is 23.2 Å². The summed E-state index contributed by atoms with van der Waals surface area (Å²) in [6.07, 6.45) is 0.602. The van der Waals surface area contributed by atoms with Gasteiger partial charge in [-0.3, -0.25) is 9.59 Å². The van der Waals surface area contributed by atoms with Gasteiger partial charge < -0.3 is 14.5 Å². The van der Waals surface area contributed by atoms with Gasteiger partial charge in [0.05, 0.1) is 13.2 Å². The topological polar surface area (TPSA) is 49.9 Å². The highest BCUT2D eigenvalue weighted by Gasteiger charge is 2.39. The molecule has 0 bridgehead atoms. The van der Waals surface area contributed by atoms with E-state index >= 15 is 0 Å². The van der Waals surface area contributed by atoms with Crippen molar-refractivity contribution < 1.29 is 14.3 Å². The Bertz CT molecular complexity index is 1450. The van der Waals surface area contributed by atoms with Crippen LogP contribution in [0.1, 0.15) is 56.8 Å². The lowest BCUT2D eigenvalue weighted by Gasteiger charge is -2.44. The molecule has 2 atom stereocenters. The van der Waals surface area contributed by atoms with Crippen molar-refractivity contribution in [3.05, 3.63) is 125 Å². The maximum Gasteiger partial charge on any atom is 0.258 e. The van der Waals surface area contributed by atoms with E-state index in [2.05, 4.69) is 13.0 Å². The molecule has 2 amide bonds. The molecule has 4 aromatic rings. The highest BCUT2D eigenvalue weighted by molar-refractivity contribution is 6.09. The van der Waals surface area contributed by atoms with Gasteiger partial charge in [0.25, 0.3) is 11.8 Å². The Labute approximate surface area is 224 Å². The molecule has 1 heterocycles. The molecule has 5 nitrogen and oxygen atoms in total. The fraction of sp³-hybridized carbons (Fsp3) is 0.212. The van der Waals surface area contributed by atoms with E-state index in [0.717, 1.165) is 28.1 Å². The van der Waals surface area contributed by atoms with Crippen LogP contribution < -0.4 is 14.5 Å². The number of anilines is 2. The molecular weight excluding hydrogens is 472 g/mol. The molecule has 1 aliphatic rings. The molecule has 0 N–H and O–H groups in total. The first kappa shape index (κ1) is 25.3. The number of benzene rings is 4. The minimum atomic E-state index is -0.241. The number of nitrogens with zero attached hydrogens (tertiary/aromatic N) is 2. The second kappa shape index (κ2) is 10.5. The van der Waals surface area contributed by atoms with Crippen LogP contribution in [0.4, 0.5) is 11.4 Å². The Morgan fingerprint density at radius 2 is 1.47 bits per heavy atom. The maximum absolute atomic E-state index is 14.1. The summed E-state index contributed by atoms with van der Waals surface area (Å²) in [7, 11) is 1.61. The third-order valence-corrected chi connectivity index (χ3v) is 7.23. The average Bonchev–Trinajstić information content (AvgIpc) is 2.94. The number of fused-ring (bicyclic) bond motifs is 1. The minimum absolute atomic E-state index is 0.0611. The molecule has 0 aromatic heterocycles. The average molecular weight is 505 g/mol. The molecular formula is C33H32N2O3. The molecule has 0 unspecified atom stereocenters. The van der Waals surface area contributed by atoms with Crippen molar-refractivity contribution in [2.45, 2.75) is 39.3 Å². The van der Waals surface area contributed by atoms with Crippen LogP contribution in [0.5, 0.6) is 5.75 Å². The molecule has 0 saturated heterocycles. The van der Waals surface area contributed by atoms with Gasteiger partial charge in [0, 0.05) is 28.5 Å². The van der Waals surface area contributed by atoms with Crippen LogP contribution in [-0.2, 0) is 0 Å². The standard InChI is InChI=1S/C33H32N2O3/c1-22-10-15-27(16-11-22)35(33(37)25-8-6-5-7-9-25)31-21-24(3)34(30-19-12-23(2)20-29(30)31)32(36)26-13-17-28(38-4)18-14-26/h5-20,24,31H,21H2,1-4H3/t24-,31+/m1/s1. The first-order chi connectivity index (χ1) is 18.4.